The molecule has 1 aliphatic rings. The second kappa shape index (κ2) is 6.48. The summed E-state index contributed by atoms with van der Waals surface area (Å²) in [6, 6.07) is 1.70. The molecule has 0 radical (unpaired) electrons. The molecular weight excluding hydrogens is 304 g/mol. The van der Waals surface area contributed by atoms with E-state index >= 15 is 0 Å². The van der Waals surface area contributed by atoms with Gasteiger partial charge in [-0.2, -0.15) is 0 Å². The van der Waals surface area contributed by atoms with Crippen LogP contribution in [0.4, 0.5) is 0 Å². The van der Waals surface area contributed by atoms with E-state index in [1.807, 2.05) is 6.26 Å². The van der Waals surface area contributed by atoms with Gasteiger partial charge in [-0.3, -0.25) is 4.57 Å². The highest BCUT2D eigenvalue weighted by Crippen LogP contribution is 2.28. The van der Waals surface area contributed by atoms with Crippen molar-refractivity contribution in [2.45, 2.75) is 35.7 Å². The van der Waals surface area contributed by atoms with Gasteiger partial charge in [-0.1, -0.05) is 0 Å². The highest BCUT2D eigenvalue weighted by Gasteiger charge is 2.44. The van der Waals surface area contributed by atoms with Gasteiger partial charge in [-0.15, -0.1) is 11.8 Å². The molecule has 1 aliphatic heterocycles. The maximum atomic E-state index is 10.0. The Labute approximate surface area is 124 Å². The Morgan fingerprint density at radius 1 is 1.35 bits per heavy atom. The van der Waals surface area contributed by atoms with Gasteiger partial charge in [0.15, 0.2) is 6.23 Å². The van der Waals surface area contributed by atoms with Crippen LogP contribution >= 0.6 is 24.0 Å². The third-order valence-electron chi connectivity index (χ3n) is 3.15. The molecule has 7 nitrogen and oxygen atoms in total. The predicted octanol–water partition coefficient (Wildman–Crippen LogP) is -0.693. The van der Waals surface area contributed by atoms with Crippen molar-refractivity contribution in [3.05, 3.63) is 17.0 Å². The highest BCUT2D eigenvalue weighted by atomic mass is 32.2. The minimum absolute atomic E-state index is 0.182. The molecule has 4 N–H and O–H groups in total. The summed E-state index contributed by atoms with van der Waals surface area (Å²) < 4.78 is 6.98. The van der Waals surface area contributed by atoms with Crippen molar-refractivity contribution in [2.75, 3.05) is 12.9 Å². The molecule has 0 aromatic carbocycles. The predicted molar refractivity (Wildman–Crippen MR) is 73.9 cm³/mol. The molecular formula is C11H16N2O5S2. The SMILES string of the molecule is CSc1ccn([C@@H]2O[C@H](CO)[C@H](O)[C@H](O)[C@H]2O)c(=S)n1. The van der Waals surface area contributed by atoms with Crippen molar-refractivity contribution in [1.82, 2.24) is 9.55 Å². The summed E-state index contributed by atoms with van der Waals surface area (Å²) in [7, 11) is 0. The number of ether oxygens (including phenoxy) is 1. The number of thioether (sulfide) groups is 1. The van der Waals surface area contributed by atoms with Crippen LogP contribution in [0, 0.1) is 4.77 Å². The summed E-state index contributed by atoms with van der Waals surface area (Å²) in [6.45, 7) is -0.481. The average molecular weight is 320 g/mol. The third kappa shape index (κ3) is 2.89. The smallest absolute Gasteiger partial charge is 0.202 e. The third-order valence-corrected chi connectivity index (χ3v) is 4.10. The summed E-state index contributed by atoms with van der Waals surface area (Å²) in [5, 5.41) is 39.4. The van der Waals surface area contributed by atoms with E-state index < -0.39 is 37.3 Å². The van der Waals surface area contributed by atoms with Crippen LogP contribution in [0.5, 0.6) is 0 Å². The largest absolute Gasteiger partial charge is 0.394 e. The minimum atomic E-state index is -1.44. The number of aromatic nitrogens is 2. The molecule has 9 heteroatoms. The lowest BCUT2D eigenvalue weighted by Crippen LogP contribution is -2.56. The fourth-order valence-electron chi connectivity index (χ4n) is 2.02. The molecule has 0 amide bonds. The van der Waals surface area contributed by atoms with Crippen LogP contribution in [0.1, 0.15) is 6.23 Å². The van der Waals surface area contributed by atoms with Crippen molar-refractivity contribution in [2.24, 2.45) is 0 Å². The van der Waals surface area contributed by atoms with Gasteiger partial charge in [0.05, 0.1) is 6.61 Å². The van der Waals surface area contributed by atoms with Crippen LogP contribution < -0.4 is 0 Å². The molecule has 0 unspecified atom stereocenters. The van der Waals surface area contributed by atoms with E-state index in [4.69, 9.17) is 22.1 Å². The topological polar surface area (TPSA) is 108 Å². The molecule has 112 valence electrons. The number of aliphatic hydroxyl groups excluding tert-OH is 4. The highest BCUT2D eigenvalue weighted by molar-refractivity contribution is 7.98. The molecule has 0 aliphatic carbocycles. The second-order valence-electron chi connectivity index (χ2n) is 4.38. The van der Waals surface area contributed by atoms with E-state index in [0.29, 0.717) is 0 Å². The number of rotatable bonds is 3. The van der Waals surface area contributed by atoms with Crippen LogP contribution in [0.15, 0.2) is 17.3 Å². The Bertz CT molecular complexity index is 524. The fourth-order valence-corrected chi connectivity index (χ4v) is 2.71. The van der Waals surface area contributed by atoms with Crippen LogP contribution in [0.2, 0.25) is 0 Å². The molecule has 2 rings (SSSR count). The van der Waals surface area contributed by atoms with E-state index in [1.54, 1.807) is 12.3 Å². The van der Waals surface area contributed by atoms with Gasteiger partial charge in [0.25, 0.3) is 0 Å². The molecule has 1 aromatic rings. The van der Waals surface area contributed by atoms with Gasteiger partial charge in [0.2, 0.25) is 4.77 Å². The number of nitrogens with zero attached hydrogens (tertiary/aromatic N) is 2. The Hall–Kier alpha value is -0.550. The molecule has 2 heterocycles. The number of hydrogen-bond donors (Lipinski definition) is 4. The summed E-state index contributed by atoms with van der Waals surface area (Å²) in [6.07, 6.45) is -2.74. The molecule has 1 fully saturated rings. The molecule has 1 saturated heterocycles. The monoisotopic (exact) mass is 320 g/mol. The maximum Gasteiger partial charge on any atom is 0.202 e. The lowest BCUT2D eigenvalue weighted by molar-refractivity contribution is -0.251. The van der Waals surface area contributed by atoms with Gasteiger partial charge in [-0.25, -0.2) is 4.98 Å². The average Bonchev–Trinajstić information content (AvgIpc) is 2.46. The van der Waals surface area contributed by atoms with Crippen molar-refractivity contribution >= 4 is 24.0 Å². The zero-order valence-corrected chi connectivity index (χ0v) is 12.3. The second-order valence-corrected chi connectivity index (χ2v) is 5.57. The van der Waals surface area contributed by atoms with Gasteiger partial charge < -0.3 is 25.2 Å². The fraction of sp³-hybridized carbons (Fsp3) is 0.636. The van der Waals surface area contributed by atoms with E-state index in [9.17, 15) is 15.3 Å². The maximum absolute atomic E-state index is 10.0. The van der Waals surface area contributed by atoms with Crippen LogP contribution in [-0.4, -0.2) is 67.3 Å². The Balaban J connectivity index is 2.33. The number of hydrogen-bond acceptors (Lipinski definition) is 8. The standard InChI is InChI=1S/C11H16N2O5S2/c1-20-6-2-3-13(11(19)12-6)10-9(17)8(16)7(15)5(4-14)18-10/h2-3,5,7-10,14-17H,4H2,1H3/t5-,7+,8+,9-,10-/m1/s1. The molecule has 5 atom stereocenters. The molecule has 1 aromatic heterocycles. The molecule has 0 saturated carbocycles. The van der Waals surface area contributed by atoms with Crippen molar-refractivity contribution in [3.8, 4) is 0 Å². The van der Waals surface area contributed by atoms with Crippen LogP contribution in [0.25, 0.3) is 0 Å². The summed E-state index contributed by atoms with van der Waals surface area (Å²) in [5.41, 5.74) is 0. The zero-order valence-electron chi connectivity index (χ0n) is 10.7. The normalized spacial score (nSPS) is 34.1. The molecule has 0 bridgehead atoms. The van der Waals surface area contributed by atoms with E-state index in [-0.39, 0.29) is 4.77 Å². The minimum Gasteiger partial charge on any atom is -0.394 e. The van der Waals surface area contributed by atoms with Gasteiger partial charge in [-0.05, 0) is 24.5 Å². The van der Waals surface area contributed by atoms with E-state index in [0.717, 1.165) is 5.03 Å². The van der Waals surface area contributed by atoms with Gasteiger partial charge in [0, 0.05) is 6.20 Å². The lowest BCUT2D eigenvalue weighted by Gasteiger charge is -2.40. The summed E-state index contributed by atoms with van der Waals surface area (Å²) in [4.78, 5) is 4.14. The first-order valence-electron chi connectivity index (χ1n) is 5.93. The van der Waals surface area contributed by atoms with E-state index in [2.05, 4.69) is 4.98 Å². The summed E-state index contributed by atoms with van der Waals surface area (Å²) in [5.74, 6) is 0. The van der Waals surface area contributed by atoms with Crippen molar-refractivity contribution in [1.29, 1.82) is 0 Å². The quantitative estimate of drug-likeness (QED) is 0.329. The Morgan fingerprint density at radius 3 is 2.60 bits per heavy atom. The molecule has 0 spiro atoms. The first kappa shape index (κ1) is 15.8. The van der Waals surface area contributed by atoms with Crippen LogP contribution in [0.3, 0.4) is 0 Å². The van der Waals surface area contributed by atoms with E-state index in [1.165, 1.54) is 16.3 Å². The van der Waals surface area contributed by atoms with Crippen LogP contribution in [-0.2, 0) is 4.74 Å². The first-order chi connectivity index (χ1) is 9.49. The molecule has 20 heavy (non-hydrogen) atoms. The summed E-state index contributed by atoms with van der Waals surface area (Å²) >= 11 is 6.54. The zero-order chi connectivity index (χ0) is 14.9. The first-order valence-corrected chi connectivity index (χ1v) is 7.56. The number of aliphatic hydroxyl groups is 4. The Morgan fingerprint density at radius 2 is 2.05 bits per heavy atom. The van der Waals surface area contributed by atoms with Crippen molar-refractivity contribution in [3.63, 3.8) is 0 Å². The Kier molecular flexibility index (Phi) is 5.13. The lowest BCUT2D eigenvalue weighted by atomic mass is 9.98. The van der Waals surface area contributed by atoms with Gasteiger partial charge in [0.1, 0.15) is 29.4 Å². The van der Waals surface area contributed by atoms with Crippen molar-refractivity contribution < 1.29 is 25.2 Å². The van der Waals surface area contributed by atoms with Gasteiger partial charge >= 0.3 is 0 Å².